The molecule has 0 spiro atoms. The summed E-state index contributed by atoms with van der Waals surface area (Å²) in [4.78, 5) is 0. The van der Waals surface area contributed by atoms with E-state index >= 15 is 0 Å². The van der Waals surface area contributed by atoms with E-state index in [9.17, 15) is 0 Å². The number of aliphatic hydroxyl groups excluding tert-OH is 1. The van der Waals surface area contributed by atoms with Crippen LogP contribution in [0.25, 0.3) is 0 Å². The van der Waals surface area contributed by atoms with Crippen LogP contribution in [0.2, 0.25) is 0 Å². The Morgan fingerprint density at radius 1 is 1.33 bits per heavy atom. The SMILES string of the molecule is C[C@H](NCCCCCCO)c1ccco1. The Bertz CT molecular complexity index is 234. The molecule has 3 heteroatoms. The first-order valence-electron chi connectivity index (χ1n) is 5.72. The molecule has 0 fully saturated rings. The van der Waals surface area contributed by atoms with Crippen LogP contribution in [0.4, 0.5) is 0 Å². The second kappa shape index (κ2) is 7.49. The fourth-order valence-corrected chi connectivity index (χ4v) is 1.55. The lowest BCUT2D eigenvalue weighted by atomic mass is 10.2. The predicted octanol–water partition coefficient (Wildman–Crippen LogP) is 2.48. The van der Waals surface area contributed by atoms with Crippen LogP contribution in [-0.2, 0) is 0 Å². The number of unbranched alkanes of at least 4 members (excludes halogenated alkanes) is 3. The molecular formula is C12H21NO2. The van der Waals surface area contributed by atoms with Gasteiger partial charge in [-0.05, 0) is 38.4 Å². The second-order valence-corrected chi connectivity index (χ2v) is 3.83. The fourth-order valence-electron chi connectivity index (χ4n) is 1.55. The Hall–Kier alpha value is -0.800. The van der Waals surface area contributed by atoms with Crippen molar-refractivity contribution < 1.29 is 9.52 Å². The zero-order valence-electron chi connectivity index (χ0n) is 9.41. The molecular weight excluding hydrogens is 190 g/mol. The normalized spacial score (nSPS) is 12.9. The van der Waals surface area contributed by atoms with E-state index in [0.717, 1.165) is 31.6 Å². The van der Waals surface area contributed by atoms with E-state index in [1.165, 1.54) is 6.42 Å². The van der Waals surface area contributed by atoms with Crippen molar-refractivity contribution >= 4 is 0 Å². The van der Waals surface area contributed by atoms with E-state index in [1.54, 1.807) is 6.26 Å². The molecule has 86 valence electrons. The Morgan fingerprint density at radius 3 is 2.80 bits per heavy atom. The third-order valence-corrected chi connectivity index (χ3v) is 2.51. The smallest absolute Gasteiger partial charge is 0.120 e. The minimum atomic E-state index is 0.290. The lowest BCUT2D eigenvalue weighted by molar-refractivity contribution is 0.282. The third-order valence-electron chi connectivity index (χ3n) is 2.51. The van der Waals surface area contributed by atoms with Gasteiger partial charge in [0.1, 0.15) is 5.76 Å². The molecule has 0 saturated heterocycles. The van der Waals surface area contributed by atoms with E-state index in [4.69, 9.17) is 9.52 Å². The maximum atomic E-state index is 8.61. The summed E-state index contributed by atoms with van der Waals surface area (Å²) < 4.78 is 5.30. The molecule has 0 unspecified atom stereocenters. The molecule has 1 aromatic rings. The first-order valence-corrected chi connectivity index (χ1v) is 5.72. The molecule has 0 bridgehead atoms. The molecule has 0 aliphatic rings. The molecule has 1 rings (SSSR count). The summed E-state index contributed by atoms with van der Waals surface area (Å²) in [5.41, 5.74) is 0. The predicted molar refractivity (Wildman–Crippen MR) is 60.7 cm³/mol. The van der Waals surface area contributed by atoms with Crippen LogP contribution in [0, 0.1) is 0 Å². The molecule has 1 heterocycles. The molecule has 1 atom stereocenters. The zero-order valence-corrected chi connectivity index (χ0v) is 9.41. The van der Waals surface area contributed by atoms with Crippen LogP contribution in [0.15, 0.2) is 22.8 Å². The summed E-state index contributed by atoms with van der Waals surface area (Å²) in [6.07, 6.45) is 6.08. The minimum Gasteiger partial charge on any atom is -0.468 e. The molecule has 0 radical (unpaired) electrons. The van der Waals surface area contributed by atoms with Gasteiger partial charge in [-0.1, -0.05) is 12.8 Å². The second-order valence-electron chi connectivity index (χ2n) is 3.83. The van der Waals surface area contributed by atoms with Gasteiger partial charge in [0.25, 0.3) is 0 Å². The van der Waals surface area contributed by atoms with Crippen molar-refractivity contribution in [3.05, 3.63) is 24.2 Å². The van der Waals surface area contributed by atoms with E-state index in [-0.39, 0.29) is 6.04 Å². The van der Waals surface area contributed by atoms with Crippen LogP contribution < -0.4 is 5.32 Å². The van der Waals surface area contributed by atoms with Crippen molar-refractivity contribution in [2.45, 2.75) is 38.6 Å². The highest BCUT2D eigenvalue weighted by molar-refractivity contribution is 5.02. The Balaban J connectivity index is 2.00. The van der Waals surface area contributed by atoms with Gasteiger partial charge < -0.3 is 14.8 Å². The summed E-state index contributed by atoms with van der Waals surface area (Å²) in [6.45, 7) is 3.43. The Labute approximate surface area is 91.5 Å². The molecule has 0 saturated carbocycles. The highest BCUT2D eigenvalue weighted by Gasteiger charge is 2.05. The van der Waals surface area contributed by atoms with Gasteiger partial charge in [-0.25, -0.2) is 0 Å². The van der Waals surface area contributed by atoms with Crippen LogP contribution in [0.1, 0.15) is 44.4 Å². The molecule has 0 aliphatic heterocycles. The van der Waals surface area contributed by atoms with E-state index in [1.807, 2.05) is 12.1 Å². The van der Waals surface area contributed by atoms with E-state index in [2.05, 4.69) is 12.2 Å². The van der Waals surface area contributed by atoms with Crippen LogP contribution in [0.3, 0.4) is 0 Å². The number of nitrogens with one attached hydrogen (secondary N) is 1. The highest BCUT2D eigenvalue weighted by Crippen LogP contribution is 2.12. The van der Waals surface area contributed by atoms with E-state index in [0.29, 0.717) is 6.61 Å². The largest absolute Gasteiger partial charge is 0.468 e. The van der Waals surface area contributed by atoms with Gasteiger partial charge in [0.15, 0.2) is 0 Å². The first kappa shape index (κ1) is 12.3. The van der Waals surface area contributed by atoms with Gasteiger partial charge in [-0.3, -0.25) is 0 Å². The van der Waals surface area contributed by atoms with Crippen LogP contribution in [-0.4, -0.2) is 18.3 Å². The number of hydrogen-bond acceptors (Lipinski definition) is 3. The summed E-state index contributed by atoms with van der Waals surface area (Å²) in [7, 11) is 0. The Morgan fingerprint density at radius 2 is 2.13 bits per heavy atom. The summed E-state index contributed by atoms with van der Waals surface area (Å²) in [6, 6.07) is 4.19. The van der Waals surface area contributed by atoms with Gasteiger partial charge in [0.2, 0.25) is 0 Å². The van der Waals surface area contributed by atoms with Crippen LogP contribution in [0.5, 0.6) is 0 Å². The van der Waals surface area contributed by atoms with Crippen molar-refractivity contribution in [1.29, 1.82) is 0 Å². The van der Waals surface area contributed by atoms with Crippen molar-refractivity contribution in [1.82, 2.24) is 5.32 Å². The molecule has 0 amide bonds. The molecule has 2 N–H and O–H groups in total. The summed E-state index contributed by atoms with van der Waals surface area (Å²) in [5, 5.41) is 12.0. The molecule has 0 aliphatic carbocycles. The topological polar surface area (TPSA) is 45.4 Å². The zero-order chi connectivity index (χ0) is 10.9. The molecule has 1 aromatic heterocycles. The van der Waals surface area contributed by atoms with Crippen molar-refractivity contribution in [2.75, 3.05) is 13.2 Å². The van der Waals surface area contributed by atoms with Gasteiger partial charge in [-0.15, -0.1) is 0 Å². The monoisotopic (exact) mass is 211 g/mol. The van der Waals surface area contributed by atoms with Crippen molar-refractivity contribution in [2.24, 2.45) is 0 Å². The lowest BCUT2D eigenvalue weighted by Crippen LogP contribution is -2.19. The van der Waals surface area contributed by atoms with Gasteiger partial charge in [0, 0.05) is 6.61 Å². The van der Waals surface area contributed by atoms with Crippen LogP contribution >= 0.6 is 0 Å². The highest BCUT2D eigenvalue weighted by atomic mass is 16.3. The maximum Gasteiger partial charge on any atom is 0.120 e. The number of aliphatic hydroxyl groups is 1. The number of furan rings is 1. The summed E-state index contributed by atoms with van der Waals surface area (Å²) in [5.74, 6) is 0.991. The van der Waals surface area contributed by atoms with Crippen molar-refractivity contribution in [3.8, 4) is 0 Å². The van der Waals surface area contributed by atoms with E-state index < -0.39 is 0 Å². The fraction of sp³-hybridized carbons (Fsp3) is 0.667. The minimum absolute atomic E-state index is 0.290. The molecule has 0 aromatic carbocycles. The number of rotatable bonds is 8. The summed E-state index contributed by atoms with van der Waals surface area (Å²) >= 11 is 0. The lowest BCUT2D eigenvalue weighted by Gasteiger charge is -2.10. The van der Waals surface area contributed by atoms with Gasteiger partial charge >= 0.3 is 0 Å². The first-order chi connectivity index (χ1) is 7.34. The van der Waals surface area contributed by atoms with Crippen molar-refractivity contribution in [3.63, 3.8) is 0 Å². The quantitative estimate of drug-likeness (QED) is 0.649. The van der Waals surface area contributed by atoms with Gasteiger partial charge in [-0.2, -0.15) is 0 Å². The molecule has 15 heavy (non-hydrogen) atoms. The maximum absolute atomic E-state index is 8.61. The standard InChI is InChI=1S/C12H21NO2/c1-11(12-7-6-10-15-12)13-8-4-2-3-5-9-14/h6-7,10-11,13-14H,2-5,8-9H2,1H3/t11-/m0/s1. The molecule has 3 nitrogen and oxygen atoms in total. The third kappa shape index (κ3) is 5.00. The average molecular weight is 211 g/mol. The average Bonchev–Trinajstić information content (AvgIpc) is 2.76. The van der Waals surface area contributed by atoms with Gasteiger partial charge in [0.05, 0.1) is 12.3 Å². The number of hydrogen-bond donors (Lipinski definition) is 2. The Kier molecular flexibility index (Phi) is 6.12.